The van der Waals surface area contributed by atoms with Crippen molar-refractivity contribution >= 4 is 11.6 Å². The predicted octanol–water partition coefficient (Wildman–Crippen LogP) is 3.12. The number of para-hydroxylation sites is 1. The van der Waals surface area contributed by atoms with E-state index in [9.17, 15) is 14.3 Å². The summed E-state index contributed by atoms with van der Waals surface area (Å²) in [6.07, 6.45) is 0. The van der Waals surface area contributed by atoms with Gasteiger partial charge in [-0.3, -0.25) is 4.79 Å². The average Bonchev–Trinajstić information content (AvgIpc) is 2.38. The molecule has 0 atom stereocenters. The van der Waals surface area contributed by atoms with Gasteiger partial charge in [-0.15, -0.1) is 0 Å². The summed E-state index contributed by atoms with van der Waals surface area (Å²) in [7, 11) is 1.62. The minimum absolute atomic E-state index is 0.0761. The van der Waals surface area contributed by atoms with Gasteiger partial charge in [-0.1, -0.05) is 18.2 Å². The van der Waals surface area contributed by atoms with E-state index in [1.165, 1.54) is 11.0 Å². The number of carbonyl (C=O) groups is 1. The molecule has 1 N–H and O–H groups in total. The minimum Gasteiger partial charge on any atom is -0.507 e. The third kappa shape index (κ3) is 2.57. The first kappa shape index (κ1) is 13.1. The van der Waals surface area contributed by atoms with E-state index in [4.69, 9.17) is 0 Å². The van der Waals surface area contributed by atoms with Crippen LogP contribution < -0.4 is 4.90 Å². The molecule has 0 saturated carbocycles. The van der Waals surface area contributed by atoms with Crippen molar-refractivity contribution in [2.24, 2.45) is 0 Å². The molecule has 0 saturated heterocycles. The second-order valence-electron chi connectivity index (χ2n) is 4.31. The third-order valence-corrected chi connectivity index (χ3v) is 2.97. The predicted molar refractivity (Wildman–Crippen MR) is 72.0 cm³/mol. The van der Waals surface area contributed by atoms with Gasteiger partial charge in [0, 0.05) is 18.8 Å². The molecule has 0 fully saturated rings. The van der Waals surface area contributed by atoms with Crippen molar-refractivity contribution in [1.29, 1.82) is 0 Å². The highest BCUT2D eigenvalue weighted by atomic mass is 19.1. The summed E-state index contributed by atoms with van der Waals surface area (Å²) in [6, 6.07) is 10.8. The van der Waals surface area contributed by atoms with E-state index in [1.54, 1.807) is 7.05 Å². The molecule has 0 radical (unpaired) electrons. The lowest BCUT2D eigenvalue weighted by molar-refractivity contribution is 0.0990. The fourth-order valence-electron chi connectivity index (χ4n) is 1.92. The third-order valence-electron chi connectivity index (χ3n) is 2.97. The Kier molecular flexibility index (Phi) is 3.51. The maximum atomic E-state index is 12.9. The van der Waals surface area contributed by atoms with Crippen LogP contribution in [0, 0.1) is 12.7 Å². The fraction of sp³-hybridized carbons (Fsp3) is 0.133. The summed E-state index contributed by atoms with van der Waals surface area (Å²) in [6.45, 7) is 1.89. The van der Waals surface area contributed by atoms with Crippen LogP contribution in [0.2, 0.25) is 0 Å². The first-order valence-corrected chi connectivity index (χ1v) is 5.83. The van der Waals surface area contributed by atoms with Gasteiger partial charge < -0.3 is 10.0 Å². The van der Waals surface area contributed by atoms with Crippen LogP contribution in [0.1, 0.15) is 15.9 Å². The Hall–Kier alpha value is -2.36. The Bertz CT molecular complexity index is 625. The SMILES string of the molecule is Cc1ccccc1N(C)C(=O)c1ccc(F)cc1O. The zero-order valence-corrected chi connectivity index (χ0v) is 10.7. The van der Waals surface area contributed by atoms with Crippen LogP contribution in [-0.4, -0.2) is 18.1 Å². The number of hydrogen-bond donors (Lipinski definition) is 1. The zero-order chi connectivity index (χ0) is 14.0. The molecule has 0 spiro atoms. The molecule has 98 valence electrons. The Morgan fingerprint density at radius 3 is 2.53 bits per heavy atom. The summed E-state index contributed by atoms with van der Waals surface area (Å²) in [5.41, 5.74) is 1.77. The average molecular weight is 259 g/mol. The number of nitrogens with zero attached hydrogens (tertiary/aromatic N) is 1. The minimum atomic E-state index is -0.576. The lowest BCUT2D eigenvalue weighted by Gasteiger charge is -2.20. The highest BCUT2D eigenvalue weighted by Crippen LogP contribution is 2.24. The van der Waals surface area contributed by atoms with Crippen LogP contribution in [-0.2, 0) is 0 Å². The fourth-order valence-corrected chi connectivity index (χ4v) is 1.92. The van der Waals surface area contributed by atoms with Gasteiger partial charge in [-0.25, -0.2) is 4.39 Å². The largest absolute Gasteiger partial charge is 0.507 e. The molecule has 0 heterocycles. The van der Waals surface area contributed by atoms with E-state index in [1.807, 2.05) is 31.2 Å². The van der Waals surface area contributed by atoms with Gasteiger partial charge in [0.1, 0.15) is 11.6 Å². The molecular weight excluding hydrogens is 245 g/mol. The molecule has 1 amide bonds. The van der Waals surface area contributed by atoms with E-state index in [0.29, 0.717) is 0 Å². The van der Waals surface area contributed by atoms with E-state index >= 15 is 0 Å². The quantitative estimate of drug-likeness (QED) is 0.900. The first-order chi connectivity index (χ1) is 9.00. The monoisotopic (exact) mass is 259 g/mol. The van der Waals surface area contributed by atoms with Crippen LogP contribution in [0.25, 0.3) is 0 Å². The topological polar surface area (TPSA) is 40.5 Å². The second-order valence-corrected chi connectivity index (χ2v) is 4.31. The van der Waals surface area contributed by atoms with Crippen LogP contribution in [0.3, 0.4) is 0 Å². The van der Waals surface area contributed by atoms with Crippen molar-refractivity contribution in [2.45, 2.75) is 6.92 Å². The van der Waals surface area contributed by atoms with E-state index in [-0.39, 0.29) is 17.2 Å². The maximum Gasteiger partial charge on any atom is 0.261 e. The highest BCUT2D eigenvalue weighted by Gasteiger charge is 2.18. The molecule has 2 aromatic carbocycles. The van der Waals surface area contributed by atoms with Crippen molar-refractivity contribution in [3.05, 3.63) is 59.4 Å². The summed E-state index contributed by atoms with van der Waals surface area (Å²) in [4.78, 5) is 13.7. The van der Waals surface area contributed by atoms with Crippen LogP contribution in [0.5, 0.6) is 5.75 Å². The smallest absolute Gasteiger partial charge is 0.261 e. The summed E-state index contributed by atoms with van der Waals surface area (Å²) >= 11 is 0. The molecule has 4 heteroatoms. The Labute approximate surface area is 110 Å². The van der Waals surface area contributed by atoms with Gasteiger partial charge in [0.05, 0.1) is 5.56 Å². The number of hydrogen-bond acceptors (Lipinski definition) is 2. The Morgan fingerprint density at radius 2 is 1.89 bits per heavy atom. The van der Waals surface area contributed by atoms with Crippen LogP contribution in [0.15, 0.2) is 42.5 Å². The van der Waals surface area contributed by atoms with E-state index in [2.05, 4.69) is 0 Å². The van der Waals surface area contributed by atoms with Crippen molar-refractivity contribution < 1.29 is 14.3 Å². The van der Waals surface area contributed by atoms with Gasteiger partial charge in [-0.05, 0) is 30.7 Å². The second kappa shape index (κ2) is 5.10. The Balaban J connectivity index is 2.37. The molecule has 0 aliphatic rings. The number of amides is 1. The number of rotatable bonds is 2. The molecule has 0 aliphatic heterocycles. The van der Waals surface area contributed by atoms with Gasteiger partial charge in [0.15, 0.2) is 0 Å². The van der Waals surface area contributed by atoms with Gasteiger partial charge >= 0.3 is 0 Å². The number of phenolic OH excluding ortho intramolecular Hbond substituents is 1. The van der Waals surface area contributed by atoms with Crippen molar-refractivity contribution in [3.8, 4) is 5.75 Å². The molecule has 2 rings (SSSR count). The zero-order valence-electron chi connectivity index (χ0n) is 10.7. The summed E-state index contributed by atoms with van der Waals surface area (Å²) in [5.74, 6) is -1.31. The van der Waals surface area contributed by atoms with Gasteiger partial charge in [0.25, 0.3) is 5.91 Å². The molecule has 0 aliphatic carbocycles. The molecule has 0 bridgehead atoms. The summed E-state index contributed by atoms with van der Waals surface area (Å²) < 4.78 is 12.9. The normalized spacial score (nSPS) is 10.3. The van der Waals surface area contributed by atoms with Gasteiger partial charge in [-0.2, -0.15) is 0 Å². The molecule has 3 nitrogen and oxygen atoms in total. The Morgan fingerprint density at radius 1 is 1.21 bits per heavy atom. The summed E-state index contributed by atoms with van der Waals surface area (Å²) in [5, 5.41) is 9.64. The number of phenols is 1. The van der Waals surface area contributed by atoms with Crippen molar-refractivity contribution in [2.75, 3.05) is 11.9 Å². The molecule has 19 heavy (non-hydrogen) atoms. The molecular formula is C15H14FNO2. The highest BCUT2D eigenvalue weighted by molar-refractivity contribution is 6.07. The van der Waals surface area contributed by atoms with E-state index < -0.39 is 5.82 Å². The number of anilines is 1. The molecule has 0 unspecified atom stereocenters. The van der Waals surface area contributed by atoms with E-state index in [0.717, 1.165) is 23.4 Å². The number of halogens is 1. The first-order valence-electron chi connectivity index (χ1n) is 5.83. The molecule has 0 aromatic heterocycles. The van der Waals surface area contributed by atoms with Gasteiger partial charge in [0.2, 0.25) is 0 Å². The molecule has 2 aromatic rings. The standard InChI is InChI=1S/C15H14FNO2/c1-10-5-3-4-6-13(10)17(2)15(19)12-8-7-11(16)9-14(12)18/h3-9,18H,1-2H3. The lowest BCUT2D eigenvalue weighted by Crippen LogP contribution is -2.26. The lowest BCUT2D eigenvalue weighted by atomic mass is 10.1. The van der Waals surface area contributed by atoms with Crippen molar-refractivity contribution in [1.82, 2.24) is 0 Å². The number of aryl methyl sites for hydroxylation is 1. The van der Waals surface area contributed by atoms with Crippen LogP contribution in [0.4, 0.5) is 10.1 Å². The number of carbonyl (C=O) groups excluding carboxylic acids is 1. The van der Waals surface area contributed by atoms with Crippen molar-refractivity contribution in [3.63, 3.8) is 0 Å². The number of aromatic hydroxyl groups is 1. The maximum absolute atomic E-state index is 12.9. The van der Waals surface area contributed by atoms with Crippen LogP contribution >= 0.6 is 0 Å². The number of benzene rings is 2.